The summed E-state index contributed by atoms with van der Waals surface area (Å²) in [6, 6.07) is 22.4. The number of carbonyl (C=O) groups is 1. The molecule has 0 aliphatic carbocycles. The first-order chi connectivity index (χ1) is 15.1. The van der Waals surface area contributed by atoms with Crippen LogP contribution < -0.4 is 10.7 Å². The van der Waals surface area contributed by atoms with Crippen molar-refractivity contribution in [3.05, 3.63) is 99.5 Å². The second kappa shape index (κ2) is 9.74. The molecule has 0 unspecified atom stereocenters. The summed E-state index contributed by atoms with van der Waals surface area (Å²) in [6.07, 6.45) is 3.69. The quantitative estimate of drug-likeness (QED) is 0.203. The lowest BCUT2D eigenvalue weighted by Gasteiger charge is -2.05. The zero-order valence-electron chi connectivity index (χ0n) is 16.6. The summed E-state index contributed by atoms with van der Waals surface area (Å²) in [5.41, 5.74) is 6.43. The summed E-state index contributed by atoms with van der Waals surface area (Å²) < 4.78 is 16.3. The Kier molecular flexibility index (Phi) is 6.61. The summed E-state index contributed by atoms with van der Waals surface area (Å²) in [4.78, 5) is 12.0. The number of hydrogen-bond donors (Lipinski definition) is 2. The molecule has 0 fully saturated rings. The van der Waals surface area contributed by atoms with Gasteiger partial charge in [0.1, 0.15) is 5.82 Å². The van der Waals surface area contributed by atoms with E-state index in [1.54, 1.807) is 18.3 Å². The van der Waals surface area contributed by atoms with Crippen molar-refractivity contribution in [1.82, 2.24) is 9.99 Å². The highest BCUT2D eigenvalue weighted by Gasteiger charge is 2.07. The normalized spacial score (nSPS) is 11.2. The SMILES string of the molecule is O=C(CNc1ccc(F)cc1)N/N=C\c1cn(Cc2ccc(I)cc2)c2ccccc12. The summed E-state index contributed by atoms with van der Waals surface area (Å²) >= 11 is 2.30. The van der Waals surface area contributed by atoms with Gasteiger partial charge < -0.3 is 9.88 Å². The average Bonchev–Trinajstić information content (AvgIpc) is 3.12. The lowest BCUT2D eigenvalue weighted by atomic mass is 10.2. The fourth-order valence-electron chi connectivity index (χ4n) is 3.26. The summed E-state index contributed by atoms with van der Waals surface area (Å²) in [6.45, 7) is 0.788. The number of halogens is 2. The molecule has 0 aliphatic heterocycles. The maximum atomic E-state index is 12.9. The standard InChI is InChI=1S/C24H20FIN4O/c25-19-7-11-21(12-8-19)27-14-24(31)29-28-13-18-16-30(23-4-2-1-3-22(18)23)15-17-5-9-20(26)10-6-17/h1-13,16,27H,14-15H2,(H,29,31)/b28-13-. The zero-order chi connectivity index (χ0) is 21.6. The molecule has 0 atom stereocenters. The second-order valence-electron chi connectivity index (χ2n) is 7.01. The largest absolute Gasteiger partial charge is 0.376 e. The van der Waals surface area contributed by atoms with E-state index in [-0.39, 0.29) is 18.3 Å². The van der Waals surface area contributed by atoms with Crippen molar-refractivity contribution < 1.29 is 9.18 Å². The van der Waals surface area contributed by atoms with Gasteiger partial charge in [-0.05, 0) is 70.6 Å². The molecule has 4 rings (SSSR count). The number of aromatic nitrogens is 1. The molecular weight excluding hydrogens is 506 g/mol. The van der Waals surface area contributed by atoms with Gasteiger partial charge in [0.15, 0.2) is 0 Å². The van der Waals surface area contributed by atoms with E-state index in [4.69, 9.17) is 0 Å². The number of anilines is 1. The molecular formula is C24H20FIN4O. The van der Waals surface area contributed by atoms with Crippen molar-refractivity contribution in [1.29, 1.82) is 0 Å². The van der Waals surface area contributed by atoms with Gasteiger partial charge >= 0.3 is 0 Å². The maximum absolute atomic E-state index is 12.9. The third kappa shape index (κ3) is 5.49. The molecule has 0 saturated carbocycles. The Hall–Kier alpha value is -3.20. The van der Waals surface area contributed by atoms with E-state index in [0.29, 0.717) is 5.69 Å². The molecule has 3 aromatic carbocycles. The predicted molar refractivity (Wildman–Crippen MR) is 131 cm³/mol. The van der Waals surface area contributed by atoms with E-state index < -0.39 is 0 Å². The third-order valence-corrected chi connectivity index (χ3v) is 5.49. The van der Waals surface area contributed by atoms with Crippen LogP contribution in [0.5, 0.6) is 0 Å². The van der Waals surface area contributed by atoms with Gasteiger partial charge in [-0.15, -0.1) is 0 Å². The summed E-state index contributed by atoms with van der Waals surface area (Å²) in [5, 5.41) is 8.10. The van der Waals surface area contributed by atoms with Gasteiger partial charge in [0, 0.05) is 38.5 Å². The van der Waals surface area contributed by atoms with Crippen LogP contribution in [-0.2, 0) is 11.3 Å². The van der Waals surface area contributed by atoms with E-state index in [2.05, 4.69) is 73.3 Å². The fraction of sp³-hybridized carbons (Fsp3) is 0.0833. The van der Waals surface area contributed by atoms with Crippen LogP contribution in [-0.4, -0.2) is 23.2 Å². The Bertz CT molecular complexity index is 1220. The maximum Gasteiger partial charge on any atom is 0.259 e. The molecule has 7 heteroatoms. The summed E-state index contributed by atoms with van der Waals surface area (Å²) in [7, 11) is 0. The molecule has 0 bridgehead atoms. The van der Waals surface area contributed by atoms with Crippen LogP contribution in [0.1, 0.15) is 11.1 Å². The minimum absolute atomic E-state index is 0.0392. The number of hydrazone groups is 1. The molecule has 1 aromatic heterocycles. The van der Waals surface area contributed by atoms with E-state index in [9.17, 15) is 9.18 Å². The fourth-order valence-corrected chi connectivity index (χ4v) is 3.62. The van der Waals surface area contributed by atoms with Crippen LogP contribution in [0.15, 0.2) is 84.1 Å². The number of hydrogen-bond acceptors (Lipinski definition) is 3. The van der Waals surface area contributed by atoms with Gasteiger partial charge in [-0.2, -0.15) is 5.10 Å². The van der Waals surface area contributed by atoms with E-state index in [0.717, 1.165) is 23.0 Å². The Balaban J connectivity index is 1.42. The Morgan fingerprint density at radius 2 is 1.77 bits per heavy atom. The highest BCUT2D eigenvalue weighted by molar-refractivity contribution is 14.1. The van der Waals surface area contributed by atoms with Crippen LogP contribution in [0.2, 0.25) is 0 Å². The molecule has 2 N–H and O–H groups in total. The number of amides is 1. The lowest BCUT2D eigenvalue weighted by Crippen LogP contribution is -2.25. The zero-order valence-corrected chi connectivity index (χ0v) is 18.7. The van der Waals surface area contributed by atoms with Crippen molar-refractivity contribution in [2.45, 2.75) is 6.54 Å². The first-order valence-corrected chi connectivity index (χ1v) is 10.8. The van der Waals surface area contributed by atoms with Gasteiger partial charge in [-0.3, -0.25) is 4.79 Å². The van der Waals surface area contributed by atoms with E-state index in [1.165, 1.54) is 21.3 Å². The number of nitrogens with zero attached hydrogens (tertiary/aromatic N) is 2. The van der Waals surface area contributed by atoms with Gasteiger partial charge in [-0.25, -0.2) is 9.82 Å². The Morgan fingerprint density at radius 3 is 2.55 bits per heavy atom. The third-order valence-electron chi connectivity index (χ3n) is 4.78. The molecule has 0 spiro atoms. The first-order valence-electron chi connectivity index (χ1n) is 9.72. The monoisotopic (exact) mass is 526 g/mol. The van der Waals surface area contributed by atoms with Gasteiger partial charge in [0.2, 0.25) is 0 Å². The number of para-hydroxylation sites is 1. The minimum atomic E-state index is -0.319. The number of benzene rings is 3. The highest BCUT2D eigenvalue weighted by Crippen LogP contribution is 2.21. The lowest BCUT2D eigenvalue weighted by molar-refractivity contribution is -0.119. The van der Waals surface area contributed by atoms with Gasteiger partial charge in [0.05, 0.1) is 12.8 Å². The number of fused-ring (bicyclic) bond motifs is 1. The van der Waals surface area contributed by atoms with E-state index in [1.807, 2.05) is 24.4 Å². The van der Waals surface area contributed by atoms with Crippen LogP contribution in [0.4, 0.5) is 10.1 Å². The summed E-state index contributed by atoms with van der Waals surface area (Å²) in [5.74, 6) is -0.607. The van der Waals surface area contributed by atoms with Crippen LogP contribution in [0.3, 0.4) is 0 Å². The van der Waals surface area contributed by atoms with Crippen molar-refractivity contribution in [2.24, 2.45) is 5.10 Å². The average molecular weight is 526 g/mol. The molecule has 0 saturated heterocycles. The minimum Gasteiger partial charge on any atom is -0.376 e. The predicted octanol–water partition coefficient (Wildman–Crippen LogP) is 5.00. The van der Waals surface area contributed by atoms with Crippen molar-refractivity contribution in [3.8, 4) is 0 Å². The molecule has 5 nitrogen and oxygen atoms in total. The van der Waals surface area contributed by atoms with Crippen molar-refractivity contribution in [2.75, 3.05) is 11.9 Å². The molecule has 31 heavy (non-hydrogen) atoms. The number of nitrogens with one attached hydrogen (secondary N) is 2. The molecule has 0 radical (unpaired) electrons. The van der Waals surface area contributed by atoms with Gasteiger partial charge in [-0.1, -0.05) is 30.3 Å². The van der Waals surface area contributed by atoms with Crippen molar-refractivity contribution >= 4 is 51.3 Å². The van der Waals surface area contributed by atoms with Crippen LogP contribution in [0, 0.1) is 9.39 Å². The van der Waals surface area contributed by atoms with Crippen LogP contribution in [0.25, 0.3) is 10.9 Å². The number of rotatable bonds is 7. The van der Waals surface area contributed by atoms with Crippen LogP contribution >= 0.6 is 22.6 Å². The van der Waals surface area contributed by atoms with Gasteiger partial charge in [0.25, 0.3) is 5.91 Å². The van der Waals surface area contributed by atoms with E-state index >= 15 is 0 Å². The second-order valence-corrected chi connectivity index (χ2v) is 8.26. The Labute approximate surface area is 193 Å². The molecule has 4 aromatic rings. The smallest absolute Gasteiger partial charge is 0.259 e. The topological polar surface area (TPSA) is 58.4 Å². The molecule has 0 aliphatic rings. The Morgan fingerprint density at radius 1 is 1.03 bits per heavy atom. The highest BCUT2D eigenvalue weighted by atomic mass is 127. The molecule has 1 heterocycles. The molecule has 156 valence electrons. The number of carbonyl (C=O) groups excluding carboxylic acids is 1. The van der Waals surface area contributed by atoms with Crippen molar-refractivity contribution in [3.63, 3.8) is 0 Å². The molecule has 1 amide bonds. The first kappa shape index (κ1) is 21.0.